The molecule has 0 fully saturated rings. The number of hydrogen-bond donors (Lipinski definition) is 3. The van der Waals surface area contributed by atoms with E-state index >= 15 is 0 Å². The van der Waals surface area contributed by atoms with Crippen LogP contribution in [0.4, 0.5) is 17.6 Å². The fourth-order valence-corrected chi connectivity index (χ4v) is 1.76. The summed E-state index contributed by atoms with van der Waals surface area (Å²) in [4.78, 5) is 12.3. The molecule has 4 N–H and O–H groups in total. The standard InChI is InChI=1S/C13H17ClN6O/c1-3-6-21-13-18-11(17-12(19-13)20-15)16-10-7-8(2)4-5-9(10)14/h4-5,7H,3,6,15H2,1-2H3,(H2,16,17,18,19,20). The van der Waals surface area contributed by atoms with Gasteiger partial charge in [0.1, 0.15) is 0 Å². The van der Waals surface area contributed by atoms with Crippen LogP contribution in [0.2, 0.25) is 5.02 Å². The Morgan fingerprint density at radius 3 is 2.71 bits per heavy atom. The van der Waals surface area contributed by atoms with Gasteiger partial charge in [-0.3, -0.25) is 5.43 Å². The lowest BCUT2D eigenvalue weighted by Crippen LogP contribution is -2.14. The van der Waals surface area contributed by atoms with Crippen LogP contribution in [0.1, 0.15) is 18.9 Å². The van der Waals surface area contributed by atoms with E-state index in [4.69, 9.17) is 22.2 Å². The van der Waals surface area contributed by atoms with E-state index in [1.807, 2.05) is 26.0 Å². The number of anilines is 3. The summed E-state index contributed by atoms with van der Waals surface area (Å²) in [5.41, 5.74) is 4.15. The first-order chi connectivity index (χ1) is 10.1. The van der Waals surface area contributed by atoms with Crippen LogP contribution in [0.3, 0.4) is 0 Å². The van der Waals surface area contributed by atoms with E-state index in [-0.39, 0.29) is 12.0 Å². The highest BCUT2D eigenvalue weighted by Gasteiger charge is 2.09. The van der Waals surface area contributed by atoms with Gasteiger partial charge in [-0.15, -0.1) is 0 Å². The number of rotatable bonds is 6. The number of aryl methyl sites for hydroxylation is 1. The van der Waals surface area contributed by atoms with Crippen LogP contribution in [0.25, 0.3) is 0 Å². The minimum atomic E-state index is 0.200. The number of aromatic nitrogens is 3. The van der Waals surface area contributed by atoms with E-state index in [9.17, 15) is 0 Å². The molecule has 2 aromatic rings. The summed E-state index contributed by atoms with van der Waals surface area (Å²) in [6, 6.07) is 5.82. The van der Waals surface area contributed by atoms with E-state index in [1.165, 1.54) is 0 Å². The van der Waals surface area contributed by atoms with E-state index in [0.717, 1.165) is 12.0 Å². The monoisotopic (exact) mass is 308 g/mol. The summed E-state index contributed by atoms with van der Waals surface area (Å²) < 4.78 is 5.40. The third-order valence-corrected chi connectivity index (χ3v) is 2.88. The van der Waals surface area contributed by atoms with Crippen molar-refractivity contribution in [1.29, 1.82) is 0 Å². The van der Waals surface area contributed by atoms with Crippen LogP contribution in [0.15, 0.2) is 18.2 Å². The molecule has 2 rings (SSSR count). The number of nitrogens with two attached hydrogens (primary N) is 1. The molecule has 0 unspecified atom stereocenters. The van der Waals surface area contributed by atoms with Crippen LogP contribution < -0.4 is 21.3 Å². The Hall–Kier alpha value is -2.12. The van der Waals surface area contributed by atoms with Crippen LogP contribution in [-0.2, 0) is 0 Å². The summed E-state index contributed by atoms with van der Waals surface area (Å²) in [5.74, 6) is 5.86. The largest absolute Gasteiger partial charge is 0.463 e. The second kappa shape index (κ2) is 7.05. The Bertz CT molecular complexity index is 622. The van der Waals surface area contributed by atoms with Gasteiger partial charge < -0.3 is 10.1 Å². The van der Waals surface area contributed by atoms with Gasteiger partial charge in [0.15, 0.2) is 0 Å². The molecule has 0 aliphatic heterocycles. The van der Waals surface area contributed by atoms with Crippen molar-refractivity contribution in [2.24, 2.45) is 5.84 Å². The number of hydrogen-bond acceptors (Lipinski definition) is 7. The first-order valence-electron chi connectivity index (χ1n) is 6.51. The van der Waals surface area contributed by atoms with Gasteiger partial charge >= 0.3 is 6.01 Å². The second-order valence-corrected chi connectivity index (χ2v) is 4.77. The molecule has 1 aromatic heterocycles. The van der Waals surface area contributed by atoms with E-state index < -0.39 is 0 Å². The predicted octanol–water partition coefficient (Wildman–Crippen LogP) is 2.65. The summed E-state index contributed by atoms with van der Waals surface area (Å²) in [7, 11) is 0. The lowest BCUT2D eigenvalue weighted by Gasteiger charge is -2.10. The van der Waals surface area contributed by atoms with Gasteiger partial charge in [0.05, 0.1) is 17.3 Å². The number of nitrogens with zero attached hydrogens (tertiary/aromatic N) is 3. The van der Waals surface area contributed by atoms with Gasteiger partial charge in [-0.25, -0.2) is 5.84 Å². The number of nitrogens with one attached hydrogen (secondary N) is 2. The molecule has 0 spiro atoms. The zero-order valence-corrected chi connectivity index (χ0v) is 12.6. The van der Waals surface area contributed by atoms with Crippen molar-refractivity contribution in [2.75, 3.05) is 17.3 Å². The highest BCUT2D eigenvalue weighted by Crippen LogP contribution is 2.25. The number of benzene rings is 1. The molecule has 1 aromatic carbocycles. The molecule has 7 nitrogen and oxygen atoms in total. The maximum absolute atomic E-state index is 6.14. The van der Waals surface area contributed by atoms with E-state index in [2.05, 4.69) is 25.7 Å². The third kappa shape index (κ3) is 4.17. The third-order valence-electron chi connectivity index (χ3n) is 2.55. The summed E-state index contributed by atoms with van der Waals surface area (Å²) >= 11 is 6.14. The molecular formula is C13H17ClN6O. The molecule has 0 aliphatic carbocycles. The average molecular weight is 309 g/mol. The minimum Gasteiger partial charge on any atom is -0.463 e. The van der Waals surface area contributed by atoms with Gasteiger partial charge in [0.2, 0.25) is 11.9 Å². The average Bonchev–Trinajstić information content (AvgIpc) is 2.48. The number of hydrazine groups is 1. The predicted molar refractivity (Wildman–Crippen MR) is 82.9 cm³/mol. The molecule has 112 valence electrons. The molecule has 0 saturated carbocycles. The zero-order chi connectivity index (χ0) is 15.2. The van der Waals surface area contributed by atoms with E-state index in [0.29, 0.717) is 23.3 Å². The summed E-state index contributed by atoms with van der Waals surface area (Å²) in [5, 5.41) is 3.60. The van der Waals surface area contributed by atoms with Gasteiger partial charge in [0, 0.05) is 0 Å². The van der Waals surface area contributed by atoms with Crippen molar-refractivity contribution in [3.8, 4) is 6.01 Å². The molecule has 1 heterocycles. The number of nitrogen functional groups attached to an aromatic ring is 1. The van der Waals surface area contributed by atoms with Crippen LogP contribution in [0, 0.1) is 6.92 Å². The molecule has 8 heteroatoms. The maximum atomic E-state index is 6.14. The molecule has 0 radical (unpaired) electrons. The molecule has 0 amide bonds. The number of ether oxygens (including phenoxy) is 1. The maximum Gasteiger partial charge on any atom is 0.323 e. The van der Waals surface area contributed by atoms with Gasteiger partial charge in [-0.2, -0.15) is 15.0 Å². The molecule has 0 bridgehead atoms. The fourth-order valence-electron chi connectivity index (χ4n) is 1.59. The van der Waals surface area contributed by atoms with Gasteiger partial charge in [-0.1, -0.05) is 24.6 Å². The molecule has 0 aliphatic rings. The Morgan fingerprint density at radius 1 is 1.24 bits per heavy atom. The zero-order valence-electron chi connectivity index (χ0n) is 11.9. The van der Waals surface area contributed by atoms with Crippen molar-refractivity contribution in [3.63, 3.8) is 0 Å². The SMILES string of the molecule is CCCOc1nc(NN)nc(Nc2cc(C)ccc2Cl)n1. The first-order valence-corrected chi connectivity index (χ1v) is 6.89. The highest BCUT2D eigenvalue weighted by atomic mass is 35.5. The minimum absolute atomic E-state index is 0.200. The molecular weight excluding hydrogens is 292 g/mol. The Balaban J connectivity index is 2.27. The fraction of sp³-hybridized carbons (Fsp3) is 0.308. The van der Waals surface area contributed by atoms with Crippen LogP contribution in [-0.4, -0.2) is 21.6 Å². The summed E-state index contributed by atoms with van der Waals surface area (Å²) in [6.07, 6.45) is 0.851. The Labute approximate surface area is 127 Å². The smallest absolute Gasteiger partial charge is 0.323 e. The lowest BCUT2D eigenvalue weighted by molar-refractivity contribution is 0.292. The molecule has 0 saturated heterocycles. The first kappa shape index (κ1) is 15.3. The quantitative estimate of drug-likeness (QED) is 0.557. The summed E-state index contributed by atoms with van der Waals surface area (Å²) in [6.45, 7) is 4.48. The van der Waals surface area contributed by atoms with Crippen LogP contribution in [0.5, 0.6) is 6.01 Å². The van der Waals surface area contributed by atoms with Gasteiger partial charge in [-0.05, 0) is 31.0 Å². The highest BCUT2D eigenvalue weighted by molar-refractivity contribution is 6.33. The molecule has 21 heavy (non-hydrogen) atoms. The topological polar surface area (TPSA) is 98.0 Å². The number of halogens is 1. The van der Waals surface area contributed by atoms with Crippen molar-refractivity contribution >= 4 is 29.2 Å². The van der Waals surface area contributed by atoms with E-state index in [1.54, 1.807) is 6.07 Å². The van der Waals surface area contributed by atoms with Crippen molar-refractivity contribution in [1.82, 2.24) is 15.0 Å². The second-order valence-electron chi connectivity index (χ2n) is 4.37. The van der Waals surface area contributed by atoms with Crippen molar-refractivity contribution in [2.45, 2.75) is 20.3 Å². The van der Waals surface area contributed by atoms with Crippen molar-refractivity contribution in [3.05, 3.63) is 28.8 Å². The Kier molecular flexibility index (Phi) is 5.13. The van der Waals surface area contributed by atoms with Crippen molar-refractivity contribution < 1.29 is 4.74 Å². The Morgan fingerprint density at radius 2 is 2.00 bits per heavy atom. The van der Waals surface area contributed by atoms with Gasteiger partial charge in [0.25, 0.3) is 0 Å². The lowest BCUT2D eigenvalue weighted by atomic mass is 10.2. The van der Waals surface area contributed by atoms with Crippen LogP contribution >= 0.6 is 11.6 Å². The molecule has 0 atom stereocenters. The normalized spacial score (nSPS) is 10.3.